The van der Waals surface area contributed by atoms with Crippen LogP contribution in [0.15, 0.2) is 30.5 Å². The van der Waals surface area contributed by atoms with Gasteiger partial charge in [-0.2, -0.15) is 5.10 Å². The number of nitrogens with zero attached hydrogens (tertiary/aromatic N) is 2. The minimum atomic E-state index is -0.148. The van der Waals surface area contributed by atoms with E-state index in [4.69, 9.17) is 10.5 Å². The van der Waals surface area contributed by atoms with Crippen LogP contribution in [0.25, 0.3) is 0 Å². The molecule has 0 bridgehead atoms. The van der Waals surface area contributed by atoms with E-state index in [9.17, 15) is 4.79 Å². The van der Waals surface area contributed by atoms with Gasteiger partial charge in [0, 0.05) is 30.6 Å². The number of nitrogen functional groups attached to an aromatic ring is 1. The molecule has 0 fully saturated rings. The predicted molar refractivity (Wildman–Crippen MR) is 64.0 cm³/mol. The van der Waals surface area contributed by atoms with Crippen molar-refractivity contribution in [1.82, 2.24) is 9.78 Å². The normalized spacial score (nSPS) is 10.2. The number of carbonyl (C=O) groups is 1. The summed E-state index contributed by atoms with van der Waals surface area (Å²) in [6.45, 7) is 0. The number of anilines is 1. The molecule has 5 heteroatoms. The van der Waals surface area contributed by atoms with E-state index in [0.717, 1.165) is 0 Å². The highest BCUT2D eigenvalue weighted by Gasteiger charge is 2.15. The molecule has 1 aromatic heterocycles. The summed E-state index contributed by atoms with van der Waals surface area (Å²) in [5.41, 5.74) is 7.18. The SMILES string of the molecule is COc1ccc(C(=O)c2ccnn2C)c(N)c1. The maximum atomic E-state index is 12.2. The number of hydrogen-bond donors (Lipinski definition) is 1. The standard InChI is InChI=1S/C12H13N3O2/c1-15-11(5-6-14-15)12(16)9-4-3-8(17-2)7-10(9)13/h3-7H,13H2,1-2H3. The molecule has 0 amide bonds. The summed E-state index contributed by atoms with van der Waals surface area (Å²) in [5, 5.41) is 3.96. The second-order valence-electron chi connectivity index (χ2n) is 3.62. The lowest BCUT2D eigenvalue weighted by atomic mass is 10.1. The number of rotatable bonds is 3. The highest BCUT2D eigenvalue weighted by Crippen LogP contribution is 2.21. The third-order valence-corrected chi connectivity index (χ3v) is 2.56. The number of benzene rings is 1. The van der Waals surface area contributed by atoms with Gasteiger partial charge in [0.2, 0.25) is 5.78 Å². The Labute approximate surface area is 98.8 Å². The maximum Gasteiger partial charge on any atom is 0.213 e. The van der Waals surface area contributed by atoms with Crippen LogP contribution in [0.1, 0.15) is 16.1 Å². The molecule has 1 aromatic carbocycles. The monoisotopic (exact) mass is 231 g/mol. The third kappa shape index (κ3) is 1.99. The molecule has 2 rings (SSSR count). The van der Waals surface area contributed by atoms with Gasteiger partial charge in [-0.1, -0.05) is 0 Å². The average Bonchev–Trinajstić information content (AvgIpc) is 2.74. The second kappa shape index (κ2) is 4.29. The van der Waals surface area contributed by atoms with Crippen molar-refractivity contribution in [3.63, 3.8) is 0 Å². The van der Waals surface area contributed by atoms with E-state index < -0.39 is 0 Å². The molecular weight excluding hydrogens is 218 g/mol. The summed E-state index contributed by atoms with van der Waals surface area (Å²) in [5.74, 6) is 0.481. The largest absolute Gasteiger partial charge is 0.497 e. The van der Waals surface area contributed by atoms with Crippen LogP contribution in [0.3, 0.4) is 0 Å². The van der Waals surface area contributed by atoms with Gasteiger partial charge in [0.05, 0.1) is 7.11 Å². The van der Waals surface area contributed by atoms with Crippen molar-refractivity contribution in [1.29, 1.82) is 0 Å². The van der Waals surface area contributed by atoms with Crippen LogP contribution in [0, 0.1) is 0 Å². The highest BCUT2D eigenvalue weighted by molar-refractivity contribution is 6.11. The van der Waals surface area contributed by atoms with Crippen LogP contribution in [-0.4, -0.2) is 22.7 Å². The molecule has 0 saturated carbocycles. The number of methoxy groups -OCH3 is 1. The van der Waals surface area contributed by atoms with Crippen LogP contribution in [0.2, 0.25) is 0 Å². The van der Waals surface area contributed by atoms with Crippen molar-refractivity contribution < 1.29 is 9.53 Å². The molecule has 5 nitrogen and oxygen atoms in total. The summed E-state index contributed by atoms with van der Waals surface area (Å²) >= 11 is 0. The van der Waals surface area contributed by atoms with Crippen molar-refractivity contribution in [2.75, 3.05) is 12.8 Å². The zero-order chi connectivity index (χ0) is 12.4. The number of nitrogens with two attached hydrogens (primary N) is 1. The molecule has 0 saturated heterocycles. The number of ketones is 1. The van der Waals surface area contributed by atoms with Gasteiger partial charge in [0.25, 0.3) is 0 Å². The number of hydrogen-bond acceptors (Lipinski definition) is 4. The lowest BCUT2D eigenvalue weighted by Gasteiger charge is -2.07. The Kier molecular flexibility index (Phi) is 2.82. The Hall–Kier alpha value is -2.30. The van der Waals surface area contributed by atoms with Crippen molar-refractivity contribution in [2.45, 2.75) is 0 Å². The third-order valence-electron chi connectivity index (χ3n) is 2.56. The van der Waals surface area contributed by atoms with Gasteiger partial charge >= 0.3 is 0 Å². The van der Waals surface area contributed by atoms with Crippen LogP contribution in [0.5, 0.6) is 5.75 Å². The van der Waals surface area contributed by atoms with Crippen molar-refractivity contribution in [3.05, 3.63) is 41.7 Å². The molecule has 0 aliphatic rings. The van der Waals surface area contributed by atoms with E-state index in [2.05, 4.69) is 5.10 Å². The highest BCUT2D eigenvalue weighted by atomic mass is 16.5. The smallest absolute Gasteiger partial charge is 0.213 e. The molecule has 2 aromatic rings. The van der Waals surface area contributed by atoms with Crippen molar-refractivity contribution >= 4 is 11.5 Å². The van der Waals surface area contributed by atoms with Gasteiger partial charge in [0.15, 0.2) is 0 Å². The fourth-order valence-corrected chi connectivity index (χ4v) is 1.61. The average molecular weight is 231 g/mol. The molecule has 0 unspecified atom stereocenters. The van der Waals surface area contributed by atoms with Gasteiger partial charge in [-0.05, 0) is 18.2 Å². The lowest BCUT2D eigenvalue weighted by molar-refractivity contribution is 0.103. The Morgan fingerprint density at radius 1 is 1.41 bits per heavy atom. The first kappa shape index (κ1) is 11.2. The molecule has 2 N–H and O–H groups in total. The molecule has 0 atom stereocenters. The van der Waals surface area contributed by atoms with E-state index >= 15 is 0 Å². The zero-order valence-electron chi connectivity index (χ0n) is 9.68. The minimum Gasteiger partial charge on any atom is -0.497 e. The second-order valence-corrected chi connectivity index (χ2v) is 3.62. The molecule has 0 spiro atoms. The quantitative estimate of drug-likeness (QED) is 0.637. The number of aryl methyl sites for hydroxylation is 1. The van der Waals surface area contributed by atoms with E-state index in [1.54, 1.807) is 44.6 Å². The molecule has 0 aliphatic heterocycles. The summed E-state index contributed by atoms with van der Waals surface area (Å²) in [6, 6.07) is 6.65. The van der Waals surface area contributed by atoms with Gasteiger partial charge < -0.3 is 10.5 Å². The first-order valence-corrected chi connectivity index (χ1v) is 5.09. The molecule has 17 heavy (non-hydrogen) atoms. The minimum absolute atomic E-state index is 0.148. The first-order chi connectivity index (χ1) is 8.13. The van der Waals surface area contributed by atoms with E-state index in [1.807, 2.05) is 0 Å². The van der Waals surface area contributed by atoms with Crippen LogP contribution in [-0.2, 0) is 7.05 Å². The Morgan fingerprint density at radius 2 is 2.18 bits per heavy atom. The molecule has 88 valence electrons. The van der Waals surface area contributed by atoms with Crippen molar-refractivity contribution in [3.8, 4) is 5.75 Å². The fourth-order valence-electron chi connectivity index (χ4n) is 1.61. The Bertz CT molecular complexity index is 561. The number of aromatic nitrogens is 2. The summed E-state index contributed by atoms with van der Waals surface area (Å²) in [4.78, 5) is 12.2. The topological polar surface area (TPSA) is 70.1 Å². The first-order valence-electron chi connectivity index (χ1n) is 5.09. The van der Waals surface area contributed by atoms with E-state index in [-0.39, 0.29) is 5.78 Å². The Morgan fingerprint density at radius 3 is 2.71 bits per heavy atom. The van der Waals surface area contributed by atoms with Crippen molar-refractivity contribution in [2.24, 2.45) is 7.05 Å². The zero-order valence-corrected chi connectivity index (χ0v) is 9.68. The van der Waals surface area contributed by atoms with E-state index in [0.29, 0.717) is 22.7 Å². The molecular formula is C12H13N3O2. The lowest BCUT2D eigenvalue weighted by Crippen LogP contribution is -2.10. The summed E-state index contributed by atoms with van der Waals surface area (Å²) in [6.07, 6.45) is 1.58. The fraction of sp³-hybridized carbons (Fsp3) is 0.167. The molecule has 0 radical (unpaired) electrons. The van der Waals surface area contributed by atoms with Gasteiger partial charge in [-0.3, -0.25) is 9.48 Å². The van der Waals surface area contributed by atoms with Crippen LogP contribution >= 0.6 is 0 Å². The molecule has 1 heterocycles. The predicted octanol–water partition coefficient (Wildman–Crippen LogP) is 1.24. The van der Waals surface area contributed by atoms with Gasteiger partial charge in [-0.25, -0.2) is 0 Å². The summed E-state index contributed by atoms with van der Waals surface area (Å²) in [7, 11) is 3.27. The maximum absolute atomic E-state index is 12.2. The number of ether oxygens (including phenoxy) is 1. The Balaban J connectivity index is 2.41. The van der Waals surface area contributed by atoms with Gasteiger partial charge in [0.1, 0.15) is 11.4 Å². The van der Waals surface area contributed by atoms with Crippen LogP contribution in [0.4, 0.5) is 5.69 Å². The van der Waals surface area contributed by atoms with Crippen LogP contribution < -0.4 is 10.5 Å². The molecule has 0 aliphatic carbocycles. The summed E-state index contributed by atoms with van der Waals surface area (Å²) < 4.78 is 6.56. The number of carbonyl (C=O) groups excluding carboxylic acids is 1. The van der Waals surface area contributed by atoms with Gasteiger partial charge in [-0.15, -0.1) is 0 Å². The van der Waals surface area contributed by atoms with E-state index in [1.165, 1.54) is 4.68 Å².